The number of hydrogen-bond donors (Lipinski definition) is 1. The SMILES string of the molecule is Cc1ccccc1OCC(=O)N1CCC[C@H]1C(=O)O. The second kappa shape index (κ2) is 5.73. The Morgan fingerprint density at radius 1 is 1.42 bits per heavy atom. The van der Waals surface area contributed by atoms with Crippen molar-refractivity contribution in [1.29, 1.82) is 0 Å². The van der Waals surface area contributed by atoms with Crippen molar-refractivity contribution in [2.45, 2.75) is 25.8 Å². The predicted octanol–water partition coefficient (Wildman–Crippen LogP) is 1.45. The molecule has 1 amide bonds. The van der Waals surface area contributed by atoms with E-state index in [2.05, 4.69) is 0 Å². The average Bonchev–Trinajstić information content (AvgIpc) is 2.87. The monoisotopic (exact) mass is 263 g/mol. The molecule has 1 heterocycles. The number of carboxylic acid groups (broad SMARTS) is 1. The normalized spacial score (nSPS) is 18.4. The van der Waals surface area contributed by atoms with Gasteiger partial charge in [0.15, 0.2) is 6.61 Å². The van der Waals surface area contributed by atoms with Crippen molar-refractivity contribution in [3.63, 3.8) is 0 Å². The van der Waals surface area contributed by atoms with E-state index in [1.54, 1.807) is 6.07 Å². The minimum absolute atomic E-state index is 0.116. The molecule has 5 heteroatoms. The van der Waals surface area contributed by atoms with Gasteiger partial charge >= 0.3 is 5.97 Å². The number of para-hydroxylation sites is 1. The van der Waals surface area contributed by atoms with E-state index in [9.17, 15) is 9.59 Å². The molecule has 19 heavy (non-hydrogen) atoms. The zero-order valence-corrected chi connectivity index (χ0v) is 10.8. The molecular weight excluding hydrogens is 246 g/mol. The van der Waals surface area contributed by atoms with Crippen LogP contribution in [0.25, 0.3) is 0 Å². The lowest BCUT2D eigenvalue weighted by molar-refractivity contribution is -0.148. The summed E-state index contributed by atoms with van der Waals surface area (Å²) in [6.45, 7) is 2.28. The van der Waals surface area contributed by atoms with Crippen molar-refractivity contribution in [3.05, 3.63) is 29.8 Å². The molecule has 0 aliphatic carbocycles. The second-order valence-corrected chi connectivity index (χ2v) is 4.64. The summed E-state index contributed by atoms with van der Waals surface area (Å²) < 4.78 is 5.45. The van der Waals surface area contributed by atoms with E-state index < -0.39 is 12.0 Å². The number of hydrogen-bond acceptors (Lipinski definition) is 3. The molecule has 0 radical (unpaired) electrons. The van der Waals surface area contributed by atoms with Gasteiger partial charge in [0, 0.05) is 6.54 Å². The van der Waals surface area contributed by atoms with Gasteiger partial charge in [-0.1, -0.05) is 18.2 Å². The highest BCUT2D eigenvalue weighted by molar-refractivity contribution is 5.85. The summed E-state index contributed by atoms with van der Waals surface area (Å²) >= 11 is 0. The van der Waals surface area contributed by atoms with Crippen LogP contribution in [-0.2, 0) is 9.59 Å². The number of carbonyl (C=O) groups excluding carboxylic acids is 1. The van der Waals surface area contributed by atoms with Crippen molar-refractivity contribution >= 4 is 11.9 Å². The van der Waals surface area contributed by atoms with Crippen LogP contribution in [0, 0.1) is 6.92 Å². The Morgan fingerprint density at radius 3 is 2.84 bits per heavy atom. The first-order valence-corrected chi connectivity index (χ1v) is 6.30. The molecule has 102 valence electrons. The maximum Gasteiger partial charge on any atom is 0.326 e. The highest BCUT2D eigenvalue weighted by atomic mass is 16.5. The number of ether oxygens (including phenoxy) is 1. The number of benzene rings is 1. The molecule has 1 atom stereocenters. The molecule has 0 saturated carbocycles. The van der Waals surface area contributed by atoms with Gasteiger partial charge < -0.3 is 14.7 Å². The molecule has 1 fully saturated rings. The molecule has 0 aromatic heterocycles. The number of aryl methyl sites for hydroxylation is 1. The van der Waals surface area contributed by atoms with Gasteiger partial charge in [0.2, 0.25) is 0 Å². The lowest BCUT2D eigenvalue weighted by atomic mass is 10.2. The third-order valence-electron chi connectivity index (χ3n) is 3.30. The smallest absolute Gasteiger partial charge is 0.326 e. The highest BCUT2D eigenvalue weighted by Gasteiger charge is 2.33. The number of aliphatic carboxylic acids is 1. The van der Waals surface area contributed by atoms with Crippen LogP contribution in [0.5, 0.6) is 5.75 Å². The van der Waals surface area contributed by atoms with Crippen LogP contribution in [0.4, 0.5) is 0 Å². The van der Waals surface area contributed by atoms with E-state index in [0.29, 0.717) is 18.7 Å². The van der Waals surface area contributed by atoms with Crippen molar-refractivity contribution in [1.82, 2.24) is 4.90 Å². The fourth-order valence-corrected chi connectivity index (χ4v) is 2.26. The van der Waals surface area contributed by atoms with Gasteiger partial charge in [0.1, 0.15) is 11.8 Å². The van der Waals surface area contributed by atoms with E-state index in [1.165, 1.54) is 4.90 Å². The van der Waals surface area contributed by atoms with E-state index >= 15 is 0 Å². The lowest BCUT2D eigenvalue weighted by Gasteiger charge is -2.21. The van der Waals surface area contributed by atoms with Crippen LogP contribution < -0.4 is 4.74 Å². The molecule has 0 spiro atoms. The van der Waals surface area contributed by atoms with Gasteiger partial charge in [-0.3, -0.25) is 4.79 Å². The van der Waals surface area contributed by atoms with Gasteiger partial charge in [-0.2, -0.15) is 0 Å². The number of carboxylic acids is 1. The maximum absolute atomic E-state index is 12.0. The largest absolute Gasteiger partial charge is 0.484 e. The van der Waals surface area contributed by atoms with Gasteiger partial charge in [0.25, 0.3) is 5.91 Å². The summed E-state index contributed by atoms with van der Waals surface area (Å²) in [5.74, 6) is -0.559. The Kier molecular flexibility index (Phi) is 4.04. The van der Waals surface area contributed by atoms with Crippen LogP contribution in [0.15, 0.2) is 24.3 Å². The molecule has 0 unspecified atom stereocenters. The van der Waals surface area contributed by atoms with Gasteiger partial charge in [-0.05, 0) is 31.4 Å². The Bertz CT molecular complexity index is 486. The van der Waals surface area contributed by atoms with Crippen LogP contribution in [-0.4, -0.2) is 41.1 Å². The van der Waals surface area contributed by atoms with Crippen LogP contribution >= 0.6 is 0 Å². The first-order chi connectivity index (χ1) is 9.09. The maximum atomic E-state index is 12.0. The summed E-state index contributed by atoms with van der Waals surface area (Å²) in [7, 11) is 0. The molecule has 1 aliphatic rings. The van der Waals surface area contributed by atoms with E-state index in [4.69, 9.17) is 9.84 Å². The number of rotatable bonds is 4. The Hall–Kier alpha value is -2.04. The molecule has 2 rings (SSSR count). The minimum atomic E-state index is -0.943. The van der Waals surface area contributed by atoms with E-state index in [1.807, 2.05) is 25.1 Å². The van der Waals surface area contributed by atoms with Gasteiger partial charge in [0.05, 0.1) is 0 Å². The number of carbonyl (C=O) groups is 2. The molecule has 1 aliphatic heterocycles. The molecule has 1 aromatic carbocycles. The number of nitrogens with zero attached hydrogens (tertiary/aromatic N) is 1. The zero-order chi connectivity index (χ0) is 13.8. The van der Waals surface area contributed by atoms with Gasteiger partial charge in [-0.25, -0.2) is 4.79 Å². The molecule has 1 saturated heterocycles. The summed E-state index contributed by atoms with van der Waals surface area (Å²) in [6, 6.07) is 6.72. The topological polar surface area (TPSA) is 66.8 Å². The fraction of sp³-hybridized carbons (Fsp3) is 0.429. The molecule has 0 bridgehead atoms. The zero-order valence-electron chi connectivity index (χ0n) is 10.8. The van der Waals surface area contributed by atoms with Crippen molar-refractivity contribution in [3.8, 4) is 5.75 Å². The van der Waals surface area contributed by atoms with Gasteiger partial charge in [-0.15, -0.1) is 0 Å². The van der Waals surface area contributed by atoms with Crippen LogP contribution in [0.3, 0.4) is 0 Å². The Balaban J connectivity index is 1.95. The summed E-state index contributed by atoms with van der Waals surface area (Å²) in [4.78, 5) is 24.4. The van der Waals surface area contributed by atoms with E-state index in [-0.39, 0.29) is 12.5 Å². The first kappa shape index (κ1) is 13.4. The second-order valence-electron chi connectivity index (χ2n) is 4.64. The van der Waals surface area contributed by atoms with Crippen molar-refractivity contribution < 1.29 is 19.4 Å². The minimum Gasteiger partial charge on any atom is -0.484 e. The summed E-state index contributed by atoms with van der Waals surface area (Å²) in [6.07, 6.45) is 1.25. The van der Waals surface area contributed by atoms with Crippen LogP contribution in [0.1, 0.15) is 18.4 Å². The van der Waals surface area contributed by atoms with Crippen molar-refractivity contribution in [2.24, 2.45) is 0 Å². The third-order valence-corrected chi connectivity index (χ3v) is 3.30. The molecular formula is C14H17NO4. The Morgan fingerprint density at radius 2 is 2.16 bits per heavy atom. The third kappa shape index (κ3) is 3.05. The molecule has 1 N–H and O–H groups in total. The average molecular weight is 263 g/mol. The standard InChI is InChI=1S/C14H17NO4/c1-10-5-2-3-7-12(10)19-9-13(16)15-8-4-6-11(15)14(17)18/h2-3,5,7,11H,4,6,8-9H2,1H3,(H,17,18)/t11-/m0/s1. The number of likely N-dealkylation sites (tertiary alicyclic amines) is 1. The highest BCUT2D eigenvalue weighted by Crippen LogP contribution is 2.19. The van der Waals surface area contributed by atoms with Crippen LogP contribution in [0.2, 0.25) is 0 Å². The number of amides is 1. The molecule has 1 aromatic rings. The lowest BCUT2D eigenvalue weighted by Crippen LogP contribution is -2.42. The summed E-state index contributed by atoms with van der Waals surface area (Å²) in [5.41, 5.74) is 0.950. The van der Waals surface area contributed by atoms with Crippen molar-refractivity contribution in [2.75, 3.05) is 13.2 Å². The molecule has 5 nitrogen and oxygen atoms in total. The first-order valence-electron chi connectivity index (χ1n) is 6.30. The Labute approximate surface area is 111 Å². The quantitative estimate of drug-likeness (QED) is 0.892. The fourth-order valence-electron chi connectivity index (χ4n) is 2.26. The summed E-state index contributed by atoms with van der Waals surface area (Å²) in [5, 5.41) is 9.03. The predicted molar refractivity (Wildman–Crippen MR) is 69.0 cm³/mol. The van der Waals surface area contributed by atoms with E-state index in [0.717, 1.165) is 12.0 Å².